The monoisotopic (exact) mass is 370 g/mol. The van der Waals surface area contributed by atoms with Gasteiger partial charge in [0.05, 0.1) is 18.2 Å². The van der Waals surface area contributed by atoms with Crippen LogP contribution in [0.5, 0.6) is 0 Å². The summed E-state index contributed by atoms with van der Waals surface area (Å²) in [5, 5.41) is 13.1. The highest BCUT2D eigenvalue weighted by atomic mass is 19.4. The molecular formula is C18H21F3N2O3. The summed E-state index contributed by atoms with van der Waals surface area (Å²) in [6, 6.07) is 3.51. The number of nitrogens with zero attached hydrogens (tertiary/aromatic N) is 1. The van der Waals surface area contributed by atoms with E-state index in [4.69, 9.17) is 0 Å². The van der Waals surface area contributed by atoms with Crippen LogP contribution in [0.25, 0.3) is 0 Å². The van der Waals surface area contributed by atoms with Crippen molar-refractivity contribution in [3.8, 4) is 0 Å². The molecule has 1 atom stereocenters. The molecule has 142 valence electrons. The number of rotatable bonds is 3. The fraction of sp³-hybridized carbons (Fsp3) is 0.556. The third kappa shape index (κ3) is 3.56. The number of imide groups is 1. The van der Waals surface area contributed by atoms with Crippen LogP contribution in [-0.2, 0) is 11.0 Å². The highest BCUT2D eigenvalue weighted by Crippen LogP contribution is 2.34. The van der Waals surface area contributed by atoms with Gasteiger partial charge in [-0.25, -0.2) is 4.79 Å². The van der Waals surface area contributed by atoms with Crippen molar-refractivity contribution in [3.63, 3.8) is 0 Å². The van der Waals surface area contributed by atoms with Crippen LogP contribution >= 0.6 is 0 Å². The Labute approximate surface area is 149 Å². The standard InChI is InChI=1S/C18H21F3N2O3/c19-18(20,21)13-7-5-12(6-8-13)14(24)11-23-15(25)17(22-16(23)26)9-3-1-2-4-10-17/h5-8,14,24H,1-4,9-11H2,(H,22,26)/t14-/m1/s1. The Morgan fingerprint density at radius 2 is 1.65 bits per heavy atom. The van der Waals surface area contributed by atoms with Gasteiger partial charge in [-0.05, 0) is 30.5 Å². The molecule has 1 aromatic carbocycles. The molecule has 3 rings (SSSR count). The van der Waals surface area contributed by atoms with Gasteiger partial charge in [-0.3, -0.25) is 9.69 Å². The number of hydrogen-bond donors (Lipinski definition) is 2. The molecule has 0 bridgehead atoms. The van der Waals surface area contributed by atoms with Gasteiger partial charge in [0.15, 0.2) is 0 Å². The zero-order valence-electron chi connectivity index (χ0n) is 14.2. The molecule has 0 aromatic heterocycles. The van der Waals surface area contributed by atoms with E-state index in [9.17, 15) is 27.9 Å². The number of urea groups is 1. The molecule has 3 amide bonds. The average Bonchev–Trinajstić information content (AvgIpc) is 2.75. The molecule has 1 aliphatic heterocycles. The first kappa shape index (κ1) is 18.7. The number of hydrogen-bond acceptors (Lipinski definition) is 3. The van der Waals surface area contributed by atoms with Crippen molar-refractivity contribution in [2.24, 2.45) is 0 Å². The smallest absolute Gasteiger partial charge is 0.387 e. The van der Waals surface area contributed by atoms with Gasteiger partial charge in [0, 0.05) is 0 Å². The number of carbonyl (C=O) groups is 2. The zero-order chi connectivity index (χ0) is 18.9. The molecule has 1 saturated heterocycles. The fourth-order valence-electron chi connectivity index (χ4n) is 3.69. The van der Waals surface area contributed by atoms with Crippen molar-refractivity contribution in [2.75, 3.05) is 6.54 Å². The molecule has 2 N–H and O–H groups in total. The van der Waals surface area contributed by atoms with Crippen LogP contribution in [0.3, 0.4) is 0 Å². The van der Waals surface area contributed by atoms with Gasteiger partial charge in [-0.2, -0.15) is 13.2 Å². The summed E-state index contributed by atoms with van der Waals surface area (Å²) in [5.74, 6) is -0.352. The second-order valence-corrected chi connectivity index (χ2v) is 6.98. The summed E-state index contributed by atoms with van der Waals surface area (Å²) in [6.45, 7) is -0.280. The van der Waals surface area contributed by atoms with Gasteiger partial charge in [0.1, 0.15) is 5.54 Å². The molecular weight excluding hydrogens is 349 g/mol. The molecule has 1 saturated carbocycles. The molecule has 1 heterocycles. The normalized spacial score (nSPS) is 21.6. The molecule has 1 spiro atoms. The van der Waals surface area contributed by atoms with Gasteiger partial charge in [0.2, 0.25) is 0 Å². The minimum Gasteiger partial charge on any atom is -0.387 e. The number of aliphatic hydroxyl groups excluding tert-OH is 1. The first-order chi connectivity index (χ1) is 12.2. The van der Waals surface area contributed by atoms with Gasteiger partial charge in [-0.15, -0.1) is 0 Å². The Morgan fingerprint density at radius 3 is 2.19 bits per heavy atom. The summed E-state index contributed by atoms with van der Waals surface area (Å²) in [6.07, 6.45) is -0.830. The van der Waals surface area contributed by atoms with Crippen molar-refractivity contribution in [3.05, 3.63) is 35.4 Å². The van der Waals surface area contributed by atoms with Crippen molar-refractivity contribution in [1.82, 2.24) is 10.2 Å². The molecule has 26 heavy (non-hydrogen) atoms. The van der Waals surface area contributed by atoms with Crippen LogP contribution in [0.2, 0.25) is 0 Å². The molecule has 2 aliphatic rings. The Bertz CT molecular complexity index is 680. The molecule has 2 fully saturated rings. The maximum Gasteiger partial charge on any atom is 0.416 e. The number of alkyl halides is 3. The summed E-state index contributed by atoms with van der Waals surface area (Å²) in [7, 11) is 0. The fourth-order valence-corrected chi connectivity index (χ4v) is 3.69. The van der Waals surface area contributed by atoms with Gasteiger partial charge in [-0.1, -0.05) is 37.8 Å². The number of nitrogens with one attached hydrogen (secondary N) is 1. The lowest BCUT2D eigenvalue weighted by Crippen LogP contribution is -2.46. The minimum atomic E-state index is -4.46. The van der Waals surface area contributed by atoms with E-state index in [1.165, 1.54) is 0 Å². The van der Waals surface area contributed by atoms with Crippen LogP contribution in [0.15, 0.2) is 24.3 Å². The lowest BCUT2D eigenvalue weighted by atomic mass is 9.90. The van der Waals surface area contributed by atoms with Crippen LogP contribution in [0.1, 0.15) is 55.8 Å². The first-order valence-corrected chi connectivity index (χ1v) is 8.72. The number of amides is 3. The number of β-amino-alcohol motifs (C(OH)–C–C–N with tert-alkyl or cyclic N) is 1. The Balaban J connectivity index is 1.71. The van der Waals surface area contributed by atoms with E-state index >= 15 is 0 Å². The van der Waals surface area contributed by atoms with E-state index < -0.39 is 29.4 Å². The predicted molar refractivity (Wildman–Crippen MR) is 87.1 cm³/mol. The summed E-state index contributed by atoms with van der Waals surface area (Å²) < 4.78 is 37.9. The molecule has 5 nitrogen and oxygen atoms in total. The van der Waals surface area contributed by atoms with Crippen molar-refractivity contribution in [1.29, 1.82) is 0 Å². The van der Waals surface area contributed by atoms with Gasteiger partial charge >= 0.3 is 12.2 Å². The number of carbonyl (C=O) groups excluding carboxylic acids is 2. The summed E-state index contributed by atoms with van der Waals surface area (Å²) in [4.78, 5) is 26.0. The van der Waals surface area contributed by atoms with Crippen LogP contribution in [0.4, 0.5) is 18.0 Å². The van der Waals surface area contributed by atoms with Crippen LogP contribution in [-0.4, -0.2) is 34.0 Å². The van der Waals surface area contributed by atoms with E-state index in [1.807, 2.05) is 0 Å². The van der Waals surface area contributed by atoms with Gasteiger partial charge in [0.25, 0.3) is 5.91 Å². The SMILES string of the molecule is O=C1NC2(CCCCCC2)C(=O)N1C[C@@H](O)c1ccc(C(F)(F)F)cc1. The second-order valence-electron chi connectivity index (χ2n) is 6.98. The van der Waals surface area contributed by atoms with E-state index in [1.54, 1.807) is 0 Å². The van der Waals surface area contributed by atoms with E-state index in [-0.39, 0.29) is 18.0 Å². The highest BCUT2D eigenvalue weighted by molar-refractivity contribution is 6.07. The maximum atomic E-state index is 12.8. The quantitative estimate of drug-likeness (QED) is 0.802. The number of aliphatic hydroxyl groups is 1. The lowest BCUT2D eigenvalue weighted by Gasteiger charge is -2.25. The second kappa shape index (κ2) is 6.90. The lowest BCUT2D eigenvalue weighted by molar-refractivity contribution is -0.137. The molecule has 0 unspecified atom stereocenters. The first-order valence-electron chi connectivity index (χ1n) is 8.72. The maximum absolute atomic E-state index is 12.8. The van der Waals surface area contributed by atoms with E-state index in [0.29, 0.717) is 12.8 Å². The largest absolute Gasteiger partial charge is 0.416 e. The Kier molecular flexibility index (Phi) is 4.96. The predicted octanol–water partition coefficient (Wildman–Crippen LogP) is 3.38. The number of halogens is 3. The Hall–Kier alpha value is -2.09. The third-order valence-electron chi connectivity index (χ3n) is 5.18. The van der Waals surface area contributed by atoms with E-state index in [2.05, 4.69) is 5.32 Å². The topological polar surface area (TPSA) is 69.6 Å². The number of benzene rings is 1. The Morgan fingerprint density at radius 1 is 1.08 bits per heavy atom. The van der Waals surface area contributed by atoms with Crippen LogP contribution < -0.4 is 5.32 Å². The molecule has 1 aliphatic carbocycles. The van der Waals surface area contributed by atoms with Gasteiger partial charge < -0.3 is 10.4 Å². The van der Waals surface area contributed by atoms with Crippen molar-refractivity contribution < 1.29 is 27.9 Å². The summed E-state index contributed by atoms with van der Waals surface area (Å²) >= 11 is 0. The van der Waals surface area contributed by atoms with Crippen molar-refractivity contribution in [2.45, 2.75) is 56.3 Å². The average molecular weight is 370 g/mol. The molecule has 8 heteroatoms. The molecule has 1 aromatic rings. The highest BCUT2D eigenvalue weighted by Gasteiger charge is 2.51. The van der Waals surface area contributed by atoms with Crippen LogP contribution in [0, 0.1) is 0 Å². The minimum absolute atomic E-state index is 0.223. The van der Waals surface area contributed by atoms with Crippen molar-refractivity contribution >= 4 is 11.9 Å². The zero-order valence-corrected chi connectivity index (χ0v) is 14.2. The summed E-state index contributed by atoms with van der Waals surface area (Å²) in [5.41, 5.74) is -1.49. The molecule has 0 radical (unpaired) electrons. The third-order valence-corrected chi connectivity index (χ3v) is 5.18. The van der Waals surface area contributed by atoms with E-state index in [0.717, 1.165) is 54.8 Å².